The third-order valence-electron chi connectivity index (χ3n) is 7.37. The summed E-state index contributed by atoms with van der Waals surface area (Å²) in [6, 6.07) is 17.4. The standard InChI is InChI=1S/C28H29N3O4/c32-27(30-12-10-29(11-13-30)18-20-7-8-25-22(16-20)9-15-35-25)24-17-21-4-1-2-5-23(21)19-31(24)28(33)26-6-3-14-34-26/h1-8,14,16,24H,9-13,15,17-19H2. The number of piperazine rings is 1. The van der Waals surface area contributed by atoms with Crippen LogP contribution in [-0.2, 0) is 30.7 Å². The van der Waals surface area contributed by atoms with Gasteiger partial charge in [0.05, 0.1) is 12.9 Å². The fourth-order valence-electron chi connectivity index (χ4n) is 5.43. The van der Waals surface area contributed by atoms with E-state index in [1.54, 1.807) is 17.0 Å². The van der Waals surface area contributed by atoms with Crippen molar-refractivity contribution < 1.29 is 18.7 Å². The maximum absolute atomic E-state index is 13.7. The van der Waals surface area contributed by atoms with Crippen LogP contribution >= 0.6 is 0 Å². The molecule has 1 unspecified atom stereocenters. The highest BCUT2D eigenvalue weighted by molar-refractivity contribution is 5.96. The number of furan rings is 1. The number of fused-ring (bicyclic) bond motifs is 2. The maximum atomic E-state index is 13.7. The molecule has 7 heteroatoms. The number of hydrogen-bond acceptors (Lipinski definition) is 5. The second-order valence-electron chi connectivity index (χ2n) is 9.54. The highest BCUT2D eigenvalue weighted by Crippen LogP contribution is 2.28. The molecule has 0 bridgehead atoms. The third-order valence-corrected chi connectivity index (χ3v) is 7.37. The van der Waals surface area contributed by atoms with Crippen LogP contribution in [0.4, 0.5) is 0 Å². The summed E-state index contributed by atoms with van der Waals surface area (Å²) in [7, 11) is 0. The zero-order valence-corrected chi connectivity index (χ0v) is 19.7. The van der Waals surface area contributed by atoms with E-state index in [0.717, 1.165) is 49.5 Å². The van der Waals surface area contributed by atoms with Crippen molar-refractivity contribution in [3.8, 4) is 5.75 Å². The Kier molecular flexibility index (Phi) is 5.78. The predicted molar refractivity (Wildman–Crippen MR) is 130 cm³/mol. The van der Waals surface area contributed by atoms with Crippen molar-refractivity contribution in [3.05, 3.63) is 88.9 Å². The number of carbonyl (C=O) groups is 2. The summed E-state index contributed by atoms with van der Waals surface area (Å²) in [5.41, 5.74) is 4.79. The molecule has 1 saturated heterocycles. The molecule has 35 heavy (non-hydrogen) atoms. The first-order chi connectivity index (χ1) is 17.2. The number of hydrogen-bond donors (Lipinski definition) is 0. The Morgan fingerprint density at radius 1 is 0.914 bits per heavy atom. The Labute approximate surface area is 204 Å². The highest BCUT2D eigenvalue weighted by Gasteiger charge is 2.38. The number of amides is 2. The molecule has 3 aliphatic heterocycles. The zero-order valence-electron chi connectivity index (χ0n) is 19.7. The van der Waals surface area contributed by atoms with Gasteiger partial charge in [-0.25, -0.2) is 0 Å². The van der Waals surface area contributed by atoms with Gasteiger partial charge in [0.1, 0.15) is 11.8 Å². The molecular formula is C28H29N3O4. The maximum Gasteiger partial charge on any atom is 0.290 e. The molecular weight excluding hydrogens is 442 g/mol. The number of benzene rings is 2. The molecule has 1 atom stereocenters. The molecule has 0 saturated carbocycles. The van der Waals surface area contributed by atoms with Gasteiger partial charge in [-0.3, -0.25) is 14.5 Å². The molecule has 4 heterocycles. The van der Waals surface area contributed by atoms with Crippen molar-refractivity contribution in [2.24, 2.45) is 0 Å². The minimum atomic E-state index is -0.522. The molecule has 3 aromatic rings. The van der Waals surface area contributed by atoms with Gasteiger partial charge < -0.3 is 19.0 Å². The summed E-state index contributed by atoms with van der Waals surface area (Å²) in [6.07, 6.45) is 3.00. The van der Waals surface area contributed by atoms with Crippen LogP contribution in [0, 0.1) is 0 Å². The molecule has 0 spiro atoms. The molecule has 2 aromatic carbocycles. The number of rotatable bonds is 4. The Balaban J connectivity index is 1.14. The molecule has 0 N–H and O–H groups in total. The normalized spacial score (nSPS) is 19.7. The van der Waals surface area contributed by atoms with E-state index in [1.165, 1.54) is 17.4 Å². The van der Waals surface area contributed by atoms with Crippen LogP contribution in [0.15, 0.2) is 65.3 Å². The van der Waals surface area contributed by atoms with Crippen molar-refractivity contribution >= 4 is 11.8 Å². The summed E-state index contributed by atoms with van der Waals surface area (Å²) in [5, 5.41) is 0. The first-order valence-corrected chi connectivity index (χ1v) is 12.3. The van der Waals surface area contributed by atoms with Gasteiger partial charge in [0, 0.05) is 52.1 Å². The van der Waals surface area contributed by atoms with Crippen molar-refractivity contribution in [1.82, 2.24) is 14.7 Å². The second kappa shape index (κ2) is 9.23. The van der Waals surface area contributed by atoms with Crippen molar-refractivity contribution in [2.75, 3.05) is 32.8 Å². The SMILES string of the molecule is O=C(C1Cc2ccccc2CN1C(=O)c1ccco1)N1CCN(Cc2ccc3c(c2)CCO3)CC1. The fraction of sp³-hybridized carbons (Fsp3) is 0.357. The van der Waals surface area contributed by atoms with Crippen LogP contribution < -0.4 is 4.74 Å². The largest absolute Gasteiger partial charge is 0.493 e. The van der Waals surface area contributed by atoms with Crippen molar-refractivity contribution in [3.63, 3.8) is 0 Å². The molecule has 1 fully saturated rings. The Hall–Kier alpha value is -3.58. The summed E-state index contributed by atoms with van der Waals surface area (Å²) in [6.45, 7) is 5.00. The average Bonchev–Trinajstić information content (AvgIpc) is 3.60. The van der Waals surface area contributed by atoms with Gasteiger partial charge in [0.15, 0.2) is 5.76 Å². The second-order valence-corrected chi connectivity index (χ2v) is 9.54. The molecule has 3 aliphatic rings. The van der Waals surface area contributed by atoms with Crippen LogP contribution in [0.1, 0.15) is 32.8 Å². The topological polar surface area (TPSA) is 66.2 Å². The number of carbonyl (C=O) groups excluding carboxylic acids is 2. The monoisotopic (exact) mass is 471 g/mol. The Bertz CT molecular complexity index is 1230. The molecule has 180 valence electrons. The lowest BCUT2D eigenvalue weighted by atomic mass is 9.92. The van der Waals surface area contributed by atoms with Crippen LogP contribution in [-0.4, -0.2) is 65.3 Å². The van der Waals surface area contributed by atoms with Gasteiger partial charge in [-0.1, -0.05) is 36.4 Å². The fourth-order valence-corrected chi connectivity index (χ4v) is 5.43. The molecule has 1 aromatic heterocycles. The lowest BCUT2D eigenvalue weighted by Crippen LogP contribution is -2.57. The van der Waals surface area contributed by atoms with E-state index in [4.69, 9.17) is 9.15 Å². The molecule has 7 nitrogen and oxygen atoms in total. The summed E-state index contributed by atoms with van der Waals surface area (Å²) in [5.74, 6) is 1.06. The number of ether oxygens (including phenoxy) is 1. The van der Waals surface area contributed by atoms with Crippen LogP contribution in [0.5, 0.6) is 5.75 Å². The van der Waals surface area contributed by atoms with E-state index < -0.39 is 6.04 Å². The lowest BCUT2D eigenvalue weighted by molar-refractivity contribution is -0.138. The molecule has 2 amide bonds. The first kappa shape index (κ1) is 21.9. The van der Waals surface area contributed by atoms with Gasteiger partial charge >= 0.3 is 0 Å². The van der Waals surface area contributed by atoms with Gasteiger partial charge in [0.2, 0.25) is 5.91 Å². The molecule has 0 radical (unpaired) electrons. The van der Waals surface area contributed by atoms with E-state index in [1.807, 2.05) is 23.1 Å². The van der Waals surface area contributed by atoms with Crippen LogP contribution in [0.25, 0.3) is 0 Å². The van der Waals surface area contributed by atoms with Crippen molar-refractivity contribution in [2.45, 2.75) is 32.0 Å². The minimum absolute atomic E-state index is 0.0220. The average molecular weight is 472 g/mol. The lowest BCUT2D eigenvalue weighted by Gasteiger charge is -2.41. The Morgan fingerprint density at radius 3 is 2.54 bits per heavy atom. The van der Waals surface area contributed by atoms with E-state index in [2.05, 4.69) is 29.2 Å². The summed E-state index contributed by atoms with van der Waals surface area (Å²) >= 11 is 0. The van der Waals surface area contributed by atoms with E-state index in [0.29, 0.717) is 26.1 Å². The Morgan fingerprint density at radius 2 is 1.74 bits per heavy atom. The zero-order chi connectivity index (χ0) is 23.8. The summed E-state index contributed by atoms with van der Waals surface area (Å²) < 4.78 is 11.0. The van der Waals surface area contributed by atoms with Gasteiger partial charge in [-0.15, -0.1) is 0 Å². The van der Waals surface area contributed by atoms with Gasteiger partial charge in [-0.2, -0.15) is 0 Å². The van der Waals surface area contributed by atoms with Crippen molar-refractivity contribution in [1.29, 1.82) is 0 Å². The smallest absolute Gasteiger partial charge is 0.290 e. The van der Waals surface area contributed by atoms with E-state index >= 15 is 0 Å². The quantitative estimate of drug-likeness (QED) is 0.585. The van der Waals surface area contributed by atoms with Crippen LogP contribution in [0.2, 0.25) is 0 Å². The van der Waals surface area contributed by atoms with Gasteiger partial charge in [-0.05, 0) is 40.5 Å². The van der Waals surface area contributed by atoms with E-state index in [9.17, 15) is 9.59 Å². The predicted octanol–water partition coefficient (Wildman–Crippen LogP) is 3.13. The molecule has 0 aliphatic carbocycles. The van der Waals surface area contributed by atoms with E-state index in [-0.39, 0.29) is 17.6 Å². The first-order valence-electron chi connectivity index (χ1n) is 12.3. The highest BCUT2D eigenvalue weighted by atomic mass is 16.5. The van der Waals surface area contributed by atoms with Crippen LogP contribution in [0.3, 0.4) is 0 Å². The molecule has 6 rings (SSSR count). The number of nitrogens with zero attached hydrogens (tertiary/aromatic N) is 3. The third kappa shape index (κ3) is 4.32. The summed E-state index contributed by atoms with van der Waals surface area (Å²) in [4.78, 5) is 33.0. The minimum Gasteiger partial charge on any atom is -0.493 e. The van der Waals surface area contributed by atoms with Gasteiger partial charge in [0.25, 0.3) is 5.91 Å².